The molecular weight excluding hydrogens is 440 g/mol. The number of amides is 2. The molecule has 4 N–H and O–H groups in total. The number of carbonyl (C=O) groups excluding carboxylic acids is 2. The molecule has 3 heterocycles. The molecule has 33 heavy (non-hydrogen) atoms. The Balaban J connectivity index is 1.35. The third-order valence-electron chi connectivity index (χ3n) is 6.14. The number of thiophene rings is 1. The Morgan fingerprint density at radius 3 is 2.94 bits per heavy atom. The quantitative estimate of drug-likeness (QED) is 0.441. The van der Waals surface area contributed by atoms with Gasteiger partial charge < -0.3 is 20.5 Å². The monoisotopic (exact) mass is 466 g/mol. The van der Waals surface area contributed by atoms with Gasteiger partial charge in [0.2, 0.25) is 0 Å². The molecule has 9 heteroatoms. The van der Waals surface area contributed by atoms with E-state index in [0.717, 1.165) is 54.7 Å². The first-order valence-electron chi connectivity index (χ1n) is 11.2. The van der Waals surface area contributed by atoms with Crippen LogP contribution in [-0.2, 0) is 17.6 Å². The number of ether oxygens (including phenoxy) is 1. The Morgan fingerprint density at radius 1 is 1.24 bits per heavy atom. The number of H-pyrrole nitrogens is 1. The third-order valence-corrected chi connectivity index (χ3v) is 7.35. The number of phenolic OH excluding ortho intramolecular Hbond substituents is 1. The summed E-state index contributed by atoms with van der Waals surface area (Å²) in [7, 11) is 0. The number of carbonyl (C=O) groups is 2. The van der Waals surface area contributed by atoms with Crippen molar-refractivity contribution in [3.8, 4) is 17.0 Å². The first kappa shape index (κ1) is 21.7. The Kier molecular flexibility index (Phi) is 5.90. The van der Waals surface area contributed by atoms with Crippen molar-refractivity contribution in [2.24, 2.45) is 0 Å². The molecule has 5 rings (SSSR count). The fourth-order valence-electron chi connectivity index (χ4n) is 4.43. The fourth-order valence-corrected chi connectivity index (χ4v) is 5.72. The minimum absolute atomic E-state index is 0.0557. The van der Waals surface area contributed by atoms with Gasteiger partial charge >= 0.3 is 0 Å². The number of aromatic nitrogens is 2. The number of nitrogens with zero attached hydrogens (tertiary/aromatic N) is 1. The summed E-state index contributed by atoms with van der Waals surface area (Å²) in [6.07, 6.45) is 4.80. The number of rotatable bonds is 6. The lowest BCUT2D eigenvalue weighted by atomic mass is 10.1. The van der Waals surface area contributed by atoms with Gasteiger partial charge in [0.25, 0.3) is 11.8 Å². The minimum Gasteiger partial charge on any atom is -0.507 e. The molecule has 2 amide bonds. The van der Waals surface area contributed by atoms with Gasteiger partial charge in [0.15, 0.2) is 0 Å². The normalized spacial score (nSPS) is 17.2. The van der Waals surface area contributed by atoms with Crippen LogP contribution in [0.1, 0.15) is 56.1 Å². The highest BCUT2D eigenvalue weighted by atomic mass is 32.1. The molecular formula is C24H26N4O4S. The van der Waals surface area contributed by atoms with Crippen LogP contribution in [-0.4, -0.2) is 46.4 Å². The van der Waals surface area contributed by atoms with E-state index < -0.39 is 0 Å². The third kappa shape index (κ3) is 4.38. The van der Waals surface area contributed by atoms with E-state index in [1.807, 2.05) is 13.0 Å². The lowest BCUT2D eigenvalue weighted by Crippen LogP contribution is -2.32. The standard InChI is InChI=1S/C24H26N4O4S/c1-13-7-8-19(29)16(10-13)17-11-18(28-27-17)22(30)26-24-21(15-5-2-6-20(15)33-24)23(31)25-12-14-4-3-9-32-14/h7-8,10-11,14,29H,2-6,9,12H2,1H3,(H,25,31)(H,26,30)(H,27,28)/t14-/m1/s1. The number of aromatic amines is 1. The van der Waals surface area contributed by atoms with Crippen molar-refractivity contribution >= 4 is 28.2 Å². The van der Waals surface area contributed by atoms with Crippen molar-refractivity contribution in [1.29, 1.82) is 0 Å². The van der Waals surface area contributed by atoms with Crippen LogP contribution in [0.25, 0.3) is 11.3 Å². The number of benzene rings is 1. The molecule has 3 aromatic rings. The number of hydrogen-bond acceptors (Lipinski definition) is 6. The predicted molar refractivity (Wildman–Crippen MR) is 126 cm³/mol. The molecule has 1 aromatic carbocycles. The highest BCUT2D eigenvalue weighted by molar-refractivity contribution is 7.17. The van der Waals surface area contributed by atoms with Gasteiger partial charge in [0.05, 0.1) is 17.4 Å². The van der Waals surface area contributed by atoms with Gasteiger partial charge in [0, 0.05) is 23.6 Å². The first-order valence-corrected chi connectivity index (χ1v) is 12.0. The summed E-state index contributed by atoms with van der Waals surface area (Å²) in [5.74, 6) is -0.455. The molecule has 2 aliphatic rings. The van der Waals surface area contributed by atoms with Gasteiger partial charge in [-0.15, -0.1) is 11.3 Å². The number of aromatic hydroxyl groups is 1. The number of fused-ring (bicyclic) bond motifs is 1. The number of aryl methyl sites for hydroxylation is 2. The Morgan fingerprint density at radius 2 is 2.12 bits per heavy atom. The zero-order valence-corrected chi connectivity index (χ0v) is 19.2. The van der Waals surface area contributed by atoms with Crippen LogP contribution in [0, 0.1) is 6.92 Å². The summed E-state index contributed by atoms with van der Waals surface area (Å²) in [5.41, 5.74) is 3.86. The highest BCUT2D eigenvalue weighted by Crippen LogP contribution is 2.39. The summed E-state index contributed by atoms with van der Waals surface area (Å²) >= 11 is 1.47. The number of hydrogen-bond donors (Lipinski definition) is 4. The molecule has 172 valence electrons. The van der Waals surface area contributed by atoms with Crippen molar-refractivity contribution in [3.63, 3.8) is 0 Å². The van der Waals surface area contributed by atoms with Crippen molar-refractivity contribution in [3.05, 3.63) is 51.5 Å². The van der Waals surface area contributed by atoms with E-state index in [-0.39, 0.29) is 29.4 Å². The van der Waals surface area contributed by atoms with E-state index in [1.54, 1.807) is 18.2 Å². The molecule has 0 saturated carbocycles. The first-order chi connectivity index (χ1) is 16.0. The van der Waals surface area contributed by atoms with E-state index in [9.17, 15) is 14.7 Å². The van der Waals surface area contributed by atoms with Crippen LogP contribution in [0.15, 0.2) is 24.3 Å². The van der Waals surface area contributed by atoms with E-state index in [1.165, 1.54) is 11.3 Å². The van der Waals surface area contributed by atoms with Gasteiger partial charge in [-0.3, -0.25) is 14.7 Å². The Labute approximate surface area is 195 Å². The average molecular weight is 467 g/mol. The summed E-state index contributed by atoms with van der Waals surface area (Å²) < 4.78 is 5.61. The largest absolute Gasteiger partial charge is 0.507 e. The van der Waals surface area contributed by atoms with Crippen LogP contribution in [0.5, 0.6) is 5.75 Å². The molecule has 0 radical (unpaired) electrons. The number of nitrogens with one attached hydrogen (secondary N) is 3. The predicted octanol–water partition coefficient (Wildman–Crippen LogP) is 3.80. The van der Waals surface area contributed by atoms with E-state index in [0.29, 0.717) is 28.4 Å². The van der Waals surface area contributed by atoms with Crippen molar-refractivity contribution in [1.82, 2.24) is 15.5 Å². The summed E-state index contributed by atoms with van der Waals surface area (Å²) in [6, 6.07) is 6.82. The van der Waals surface area contributed by atoms with Gasteiger partial charge in [0.1, 0.15) is 16.4 Å². The van der Waals surface area contributed by atoms with Crippen LogP contribution in [0.4, 0.5) is 5.00 Å². The maximum atomic E-state index is 13.1. The molecule has 1 aliphatic heterocycles. The summed E-state index contributed by atoms with van der Waals surface area (Å²) in [4.78, 5) is 27.2. The fraction of sp³-hybridized carbons (Fsp3) is 0.375. The Hall–Kier alpha value is -3.17. The molecule has 0 bridgehead atoms. The van der Waals surface area contributed by atoms with Gasteiger partial charge in [-0.1, -0.05) is 11.6 Å². The zero-order chi connectivity index (χ0) is 22.9. The van der Waals surface area contributed by atoms with E-state index in [4.69, 9.17) is 4.74 Å². The van der Waals surface area contributed by atoms with Crippen LogP contribution in [0.2, 0.25) is 0 Å². The lowest BCUT2D eigenvalue weighted by molar-refractivity contribution is 0.0858. The molecule has 0 spiro atoms. The molecule has 1 aliphatic carbocycles. The molecule has 2 aromatic heterocycles. The van der Waals surface area contributed by atoms with Gasteiger partial charge in [-0.2, -0.15) is 5.10 Å². The van der Waals surface area contributed by atoms with Gasteiger partial charge in [-0.25, -0.2) is 0 Å². The maximum absolute atomic E-state index is 13.1. The van der Waals surface area contributed by atoms with Crippen molar-refractivity contribution in [2.75, 3.05) is 18.5 Å². The zero-order valence-electron chi connectivity index (χ0n) is 18.4. The van der Waals surface area contributed by atoms with Crippen molar-refractivity contribution < 1.29 is 19.4 Å². The van der Waals surface area contributed by atoms with Crippen LogP contribution < -0.4 is 10.6 Å². The second kappa shape index (κ2) is 8.99. The Bertz CT molecular complexity index is 1210. The molecule has 1 saturated heterocycles. The topological polar surface area (TPSA) is 116 Å². The highest BCUT2D eigenvalue weighted by Gasteiger charge is 2.28. The lowest BCUT2D eigenvalue weighted by Gasteiger charge is -2.12. The number of phenols is 1. The molecule has 0 unspecified atom stereocenters. The maximum Gasteiger partial charge on any atom is 0.274 e. The molecule has 8 nitrogen and oxygen atoms in total. The SMILES string of the molecule is Cc1ccc(O)c(-c2cc(C(=O)Nc3sc4c(c3C(=O)NC[C@H]3CCCO3)CCC4)[nH]n2)c1. The molecule has 1 atom stereocenters. The van der Waals surface area contributed by atoms with Gasteiger partial charge in [-0.05, 0) is 62.8 Å². The summed E-state index contributed by atoms with van der Waals surface area (Å²) in [5, 5.41) is 23.6. The average Bonchev–Trinajstić information content (AvgIpc) is 3.58. The second-order valence-corrected chi connectivity index (χ2v) is 9.65. The second-order valence-electron chi connectivity index (χ2n) is 8.55. The van der Waals surface area contributed by atoms with Crippen molar-refractivity contribution in [2.45, 2.75) is 45.1 Å². The van der Waals surface area contributed by atoms with E-state index in [2.05, 4.69) is 20.8 Å². The molecule has 1 fully saturated rings. The van der Waals surface area contributed by atoms with E-state index >= 15 is 0 Å². The van der Waals surface area contributed by atoms with Crippen LogP contribution >= 0.6 is 11.3 Å². The number of anilines is 1. The summed E-state index contributed by atoms with van der Waals surface area (Å²) in [6.45, 7) is 3.13. The minimum atomic E-state index is -0.381. The smallest absolute Gasteiger partial charge is 0.274 e. The van der Waals surface area contributed by atoms with Crippen LogP contribution in [0.3, 0.4) is 0 Å².